The number of furan rings is 1. The van der Waals surface area contributed by atoms with Crippen molar-refractivity contribution in [1.29, 1.82) is 0 Å². The van der Waals surface area contributed by atoms with Gasteiger partial charge < -0.3 is 9.32 Å². The summed E-state index contributed by atoms with van der Waals surface area (Å²) in [6, 6.07) is 67.9. The summed E-state index contributed by atoms with van der Waals surface area (Å²) in [5.74, 6) is 0. The molecule has 0 bridgehead atoms. The van der Waals surface area contributed by atoms with E-state index in [4.69, 9.17) is 4.42 Å². The Morgan fingerprint density at radius 2 is 0.962 bits per heavy atom. The van der Waals surface area contributed by atoms with Gasteiger partial charge in [0.05, 0.1) is 5.69 Å². The number of anilines is 3. The van der Waals surface area contributed by atoms with Gasteiger partial charge in [-0.3, -0.25) is 0 Å². The predicted molar refractivity (Wildman–Crippen MR) is 222 cm³/mol. The van der Waals surface area contributed by atoms with Gasteiger partial charge in [0.2, 0.25) is 0 Å². The molecule has 0 atom stereocenters. The van der Waals surface area contributed by atoms with Crippen LogP contribution >= 0.6 is 0 Å². The summed E-state index contributed by atoms with van der Waals surface area (Å²) in [5, 5.41) is 2.22. The molecular weight excluding hydrogens is 643 g/mol. The molecule has 0 amide bonds. The van der Waals surface area contributed by atoms with E-state index in [1.54, 1.807) is 0 Å². The van der Waals surface area contributed by atoms with Gasteiger partial charge in [0, 0.05) is 33.1 Å². The first-order chi connectivity index (χ1) is 26.0. The normalized spacial score (nSPS) is 12.9. The van der Waals surface area contributed by atoms with Crippen molar-refractivity contribution in [2.75, 3.05) is 4.90 Å². The summed E-state index contributed by atoms with van der Waals surface area (Å²) >= 11 is 0. The summed E-state index contributed by atoms with van der Waals surface area (Å²) < 4.78 is 6.52. The van der Waals surface area contributed by atoms with Gasteiger partial charge in [-0.25, -0.2) is 0 Å². The van der Waals surface area contributed by atoms with Crippen LogP contribution in [0.5, 0.6) is 0 Å². The lowest BCUT2D eigenvalue weighted by atomic mass is 9.82. The average molecular weight is 680 g/mol. The molecule has 252 valence electrons. The SMILES string of the molecule is CC1(C)c2ccccc2-c2ccc(N(c3ccc(-c4ccccc4)cc3)c3ccc4oc5ccccc5c4c3-c3ccc(-c4ccccc4)cc3)cc21. The zero-order chi connectivity index (χ0) is 35.5. The minimum absolute atomic E-state index is 0.133. The Hall–Kier alpha value is -6.64. The zero-order valence-corrected chi connectivity index (χ0v) is 29.8. The van der Waals surface area contributed by atoms with Crippen LogP contribution in [-0.4, -0.2) is 0 Å². The Labute approximate surface area is 310 Å². The molecule has 0 N–H and O–H groups in total. The molecule has 0 unspecified atom stereocenters. The van der Waals surface area contributed by atoms with Gasteiger partial charge in [0.1, 0.15) is 11.2 Å². The van der Waals surface area contributed by atoms with E-state index in [1.165, 1.54) is 44.5 Å². The van der Waals surface area contributed by atoms with Crippen LogP contribution < -0.4 is 4.90 Å². The molecule has 53 heavy (non-hydrogen) atoms. The molecule has 2 heteroatoms. The van der Waals surface area contributed by atoms with Gasteiger partial charge in [0.15, 0.2) is 0 Å². The minimum Gasteiger partial charge on any atom is -0.456 e. The molecule has 0 radical (unpaired) electrons. The van der Waals surface area contributed by atoms with E-state index in [2.05, 4.69) is 201 Å². The van der Waals surface area contributed by atoms with Crippen molar-refractivity contribution in [3.63, 3.8) is 0 Å². The molecule has 0 spiro atoms. The third kappa shape index (κ3) is 5.10. The third-order valence-corrected chi connectivity index (χ3v) is 11.1. The van der Waals surface area contributed by atoms with E-state index in [-0.39, 0.29) is 5.41 Å². The number of hydrogen-bond acceptors (Lipinski definition) is 2. The Morgan fingerprint density at radius 3 is 1.68 bits per heavy atom. The lowest BCUT2D eigenvalue weighted by molar-refractivity contribution is 0.660. The van der Waals surface area contributed by atoms with Crippen LogP contribution in [0.2, 0.25) is 0 Å². The largest absolute Gasteiger partial charge is 0.456 e. The van der Waals surface area contributed by atoms with Gasteiger partial charge in [-0.1, -0.05) is 159 Å². The lowest BCUT2D eigenvalue weighted by Crippen LogP contribution is -2.17. The molecule has 0 fully saturated rings. The van der Waals surface area contributed by atoms with Gasteiger partial charge in [-0.2, -0.15) is 0 Å². The molecule has 9 aromatic rings. The maximum atomic E-state index is 6.52. The first-order valence-electron chi connectivity index (χ1n) is 18.3. The van der Waals surface area contributed by atoms with Crippen molar-refractivity contribution in [2.24, 2.45) is 0 Å². The topological polar surface area (TPSA) is 16.4 Å². The highest BCUT2D eigenvalue weighted by molar-refractivity contribution is 6.16. The maximum absolute atomic E-state index is 6.52. The second-order valence-corrected chi connectivity index (χ2v) is 14.5. The van der Waals surface area contributed by atoms with E-state index in [0.29, 0.717) is 0 Å². The molecule has 0 saturated carbocycles. The molecule has 2 nitrogen and oxygen atoms in total. The summed E-state index contributed by atoms with van der Waals surface area (Å²) in [7, 11) is 0. The monoisotopic (exact) mass is 679 g/mol. The van der Waals surface area contributed by atoms with Gasteiger partial charge in [0.25, 0.3) is 0 Å². The fourth-order valence-electron chi connectivity index (χ4n) is 8.44. The smallest absolute Gasteiger partial charge is 0.136 e. The highest BCUT2D eigenvalue weighted by Crippen LogP contribution is 2.52. The fourth-order valence-corrected chi connectivity index (χ4v) is 8.44. The van der Waals surface area contributed by atoms with Crippen molar-refractivity contribution in [2.45, 2.75) is 19.3 Å². The lowest BCUT2D eigenvalue weighted by Gasteiger charge is -2.30. The standard InChI is InChI=1S/C51H37NO/c1-51(2)44-19-11-9-17-41(44)42-30-29-40(33-45(42)51)52(39-27-25-37(26-28-39)35-15-7-4-8-16-35)46-31-32-48-50(43-18-10-12-20-47(43)53-48)49(46)38-23-21-36(22-24-38)34-13-5-3-6-14-34/h3-33H,1-2H3. The van der Waals surface area contributed by atoms with Gasteiger partial charge in [-0.15, -0.1) is 0 Å². The summed E-state index contributed by atoms with van der Waals surface area (Å²) in [6.45, 7) is 4.70. The van der Waals surface area contributed by atoms with E-state index in [0.717, 1.165) is 50.1 Å². The molecule has 10 rings (SSSR count). The van der Waals surface area contributed by atoms with Gasteiger partial charge in [-0.05, 0) is 92.5 Å². The number of benzene rings is 8. The second kappa shape index (κ2) is 12.3. The van der Waals surface area contributed by atoms with Crippen molar-refractivity contribution >= 4 is 39.0 Å². The van der Waals surface area contributed by atoms with Crippen LogP contribution in [0.4, 0.5) is 17.1 Å². The highest BCUT2D eigenvalue weighted by atomic mass is 16.3. The Kier molecular flexibility index (Phi) is 7.19. The molecule has 8 aromatic carbocycles. The van der Waals surface area contributed by atoms with Crippen LogP contribution in [0.3, 0.4) is 0 Å². The Morgan fingerprint density at radius 1 is 0.415 bits per heavy atom. The van der Waals surface area contributed by atoms with E-state index < -0.39 is 0 Å². The molecule has 0 aliphatic heterocycles. The van der Waals surface area contributed by atoms with Crippen LogP contribution in [0.1, 0.15) is 25.0 Å². The minimum atomic E-state index is -0.133. The summed E-state index contributed by atoms with van der Waals surface area (Å²) in [4.78, 5) is 2.44. The van der Waals surface area contributed by atoms with Crippen molar-refractivity contribution in [3.8, 4) is 44.5 Å². The molecule has 1 aliphatic carbocycles. The Bertz CT molecular complexity index is 2780. The first kappa shape index (κ1) is 31.1. The Balaban J connectivity index is 1.22. The molecule has 1 heterocycles. The quantitative estimate of drug-likeness (QED) is 0.174. The van der Waals surface area contributed by atoms with Crippen LogP contribution in [0.15, 0.2) is 192 Å². The van der Waals surface area contributed by atoms with Gasteiger partial charge >= 0.3 is 0 Å². The molecular formula is C51H37NO. The number of rotatable bonds is 6. The number of nitrogens with zero attached hydrogens (tertiary/aromatic N) is 1. The van der Waals surface area contributed by atoms with Crippen LogP contribution in [0.25, 0.3) is 66.4 Å². The van der Waals surface area contributed by atoms with Crippen LogP contribution in [0, 0.1) is 0 Å². The average Bonchev–Trinajstić information content (AvgIpc) is 3.71. The number of para-hydroxylation sites is 1. The zero-order valence-electron chi connectivity index (χ0n) is 29.8. The fraction of sp³-hybridized carbons (Fsp3) is 0.0588. The highest BCUT2D eigenvalue weighted by Gasteiger charge is 2.36. The maximum Gasteiger partial charge on any atom is 0.136 e. The van der Waals surface area contributed by atoms with E-state index in [1.807, 2.05) is 6.07 Å². The first-order valence-corrected chi connectivity index (χ1v) is 18.3. The number of fused-ring (bicyclic) bond motifs is 6. The molecule has 0 saturated heterocycles. The van der Waals surface area contributed by atoms with Crippen LogP contribution in [-0.2, 0) is 5.41 Å². The number of hydrogen-bond donors (Lipinski definition) is 0. The third-order valence-electron chi connectivity index (χ3n) is 11.1. The molecule has 1 aromatic heterocycles. The summed E-state index contributed by atoms with van der Waals surface area (Å²) in [6.07, 6.45) is 0. The van der Waals surface area contributed by atoms with E-state index in [9.17, 15) is 0 Å². The van der Waals surface area contributed by atoms with Crippen molar-refractivity contribution in [3.05, 3.63) is 199 Å². The van der Waals surface area contributed by atoms with Crippen molar-refractivity contribution < 1.29 is 4.42 Å². The molecule has 1 aliphatic rings. The second-order valence-electron chi connectivity index (χ2n) is 14.5. The van der Waals surface area contributed by atoms with Crippen molar-refractivity contribution in [1.82, 2.24) is 0 Å². The van der Waals surface area contributed by atoms with E-state index >= 15 is 0 Å². The predicted octanol–water partition coefficient (Wildman–Crippen LogP) is 14.4. The summed E-state index contributed by atoms with van der Waals surface area (Å²) in [5.41, 5.74) is 17.3.